The lowest BCUT2D eigenvalue weighted by Crippen LogP contribution is -2.41. The topological polar surface area (TPSA) is 80.0 Å². The quantitative estimate of drug-likeness (QED) is 0.394. The van der Waals surface area contributed by atoms with Crippen LogP contribution in [0, 0.1) is 19.8 Å². The minimum Gasteiger partial charge on any atom is -0.507 e. The van der Waals surface area contributed by atoms with E-state index in [9.17, 15) is 9.90 Å². The van der Waals surface area contributed by atoms with Gasteiger partial charge in [0.2, 0.25) is 5.91 Å². The molecule has 0 saturated heterocycles. The lowest BCUT2D eigenvalue weighted by atomic mass is 9.86. The van der Waals surface area contributed by atoms with Crippen molar-refractivity contribution in [2.75, 3.05) is 5.75 Å². The molecule has 1 aliphatic rings. The smallest absolute Gasteiger partial charge is 0.230 e. The largest absolute Gasteiger partial charge is 0.507 e. The third-order valence-corrected chi connectivity index (χ3v) is 7.64. The number of aromatic hydroxyl groups is 1. The number of hydrogen-bond donors (Lipinski definition) is 2. The molecule has 0 unspecified atom stereocenters. The van der Waals surface area contributed by atoms with Gasteiger partial charge in [0, 0.05) is 10.5 Å². The van der Waals surface area contributed by atoms with Gasteiger partial charge in [0.25, 0.3) is 0 Å². The first-order valence-electron chi connectivity index (χ1n) is 11.3. The maximum Gasteiger partial charge on any atom is 0.230 e. The predicted octanol–water partition coefficient (Wildman–Crippen LogP) is 5.81. The number of benzene rings is 2. The Balaban J connectivity index is 1.64. The lowest BCUT2D eigenvalue weighted by molar-refractivity contribution is -0.119. The molecule has 1 amide bonds. The van der Waals surface area contributed by atoms with Crippen molar-refractivity contribution < 1.29 is 9.90 Å². The van der Waals surface area contributed by atoms with E-state index in [4.69, 9.17) is 0 Å². The number of halogens is 1. The monoisotopic (exact) mass is 528 g/mol. The summed E-state index contributed by atoms with van der Waals surface area (Å²) >= 11 is 4.84. The molecule has 0 aliphatic heterocycles. The van der Waals surface area contributed by atoms with Crippen molar-refractivity contribution in [2.45, 2.75) is 57.7 Å². The van der Waals surface area contributed by atoms with Gasteiger partial charge in [0.15, 0.2) is 11.0 Å². The fraction of sp³-hybridized carbons (Fsp3) is 0.400. The number of amides is 1. The molecular formula is C25H29BrN4O2S. The van der Waals surface area contributed by atoms with Crippen LogP contribution in [0.15, 0.2) is 46.0 Å². The Morgan fingerprint density at radius 2 is 1.97 bits per heavy atom. The van der Waals surface area contributed by atoms with Crippen molar-refractivity contribution in [1.82, 2.24) is 20.1 Å². The highest BCUT2D eigenvalue weighted by Gasteiger charge is 2.24. The second-order valence-electron chi connectivity index (χ2n) is 8.82. The number of phenols is 1. The number of aryl methyl sites for hydroxylation is 2. The van der Waals surface area contributed by atoms with Gasteiger partial charge in [-0.05, 0) is 62.4 Å². The highest BCUT2D eigenvalue weighted by molar-refractivity contribution is 9.10. The van der Waals surface area contributed by atoms with Gasteiger partial charge >= 0.3 is 0 Å². The van der Waals surface area contributed by atoms with Gasteiger partial charge in [-0.1, -0.05) is 65.2 Å². The van der Waals surface area contributed by atoms with Gasteiger partial charge in [-0.25, -0.2) is 0 Å². The number of thioether (sulfide) groups is 1. The molecule has 2 aromatic carbocycles. The van der Waals surface area contributed by atoms with Crippen LogP contribution in [0.25, 0.3) is 17.1 Å². The van der Waals surface area contributed by atoms with Crippen molar-refractivity contribution in [3.05, 3.63) is 52.0 Å². The third kappa shape index (κ3) is 5.44. The Kier molecular flexibility index (Phi) is 7.44. The Bertz CT molecular complexity index is 1160. The van der Waals surface area contributed by atoms with Crippen LogP contribution in [0.3, 0.4) is 0 Å². The zero-order chi connectivity index (χ0) is 23.5. The molecule has 1 aromatic heterocycles. The molecule has 174 valence electrons. The number of carbonyl (C=O) groups excluding carboxylic acids is 1. The van der Waals surface area contributed by atoms with Crippen LogP contribution in [-0.2, 0) is 4.79 Å². The fourth-order valence-electron chi connectivity index (χ4n) is 4.41. The Morgan fingerprint density at radius 3 is 2.73 bits per heavy atom. The molecule has 0 spiro atoms. The molecule has 0 bridgehead atoms. The summed E-state index contributed by atoms with van der Waals surface area (Å²) in [6, 6.07) is 11.7. The van der Waals surface area contributed by atoms with E-state index < -0.39 is 0 Å². The van der Waals surface area contributed by atoms with E-state index >= 15 is 0 Å². The summed E-state index contributed by atoms with van der Waals surface area (Å²) in [5, 5.41) is 23.2. The second kappa shape index (κ2) is 10.3. The maximum absolute atomic E-state index is 12.7. The molecule has 0 radical (unpaired) electrons. The summed E-state index contributed by atoms with van der Waals surface area (Å²) in [5.41, 5.74) is 3.71. The van der Waals surface area contributed by atoms with Crippen molar-refractivity contribution >= 4 is 33.6 Å². The number of rotatable bonds is 6. The van der Waals surface area contributed by atoms with Gasteiger partial charge in [-0.15, -0.1) is 10.2 Å². The van der Waals surface area contributed by atoms with Gasteiger partial charge < -0.3 is 10.4 Å². The Hall–Kier alpha value is -2.32. The normalized spacial score (nSPS) is 18.3. The molecule has 1 fully saturated rings. The number of hydrogen-bond acceptors (Lipinski definition) is 5. The van der Waals surface area contributed by atoms with Crippen molar-refractivity contribution in [3.8, 4) is 22.8 Å². The van der Waals surface area contributed by atoms with E-state index in [1.165, 1.54) is 31.0 Å². The lowest BCUT2D eigenvalue weighted by Gasteiger charge is -2.29. The number of carbonyl (C=O) groups is 1. The zero-order valence-electron chi connectivity index (χ0n) is 19.1. The van der Waals surface area contributed by atoms with E-state index in [0.717, 1.165) is 27.7 Å². The van der Waals surface area contributed by atoms with E-state index in [-0.39, 0.29) is 23.5 Å². The molecule has 8 heteroatoms. The first-order chi connectivity index (χ1) is 15.8. The molecule has 6 nitrogen and oxygen atoms in total. The summed E-state index contributed by atoms with van der Waals surface area (Å²) in [6.07, 6.45) is 4.62. The van der Waals surface area contributed by atoms with Crippen LogP contribution in [0.1, 0.15) is 43.7 Å². The van der Waals surface area contributed by atoms with Crippen LogP contribution in [0.2, 0.25) is 0 Å². The van der Waals surface area contributed by atoms with E-state index in [1.807, 2.05) is 29.7 Å². The average Bonchev–Trinajstić information content (AvgIpc) is 3.19. The van der Waals surface area contributed by atoms with Crippen LogP contribution in [0.5, 0.6) is 5.75 Å². The van der Waals surface area contributed by atoms with Gasteiger partial charge in [0.05, 0.1) is 17.0 Å². The molecule has 4 rings (SSSR count). The van der Waals surface area contributed by atoms with Gasteiger partial charge in [-0.3, -0.25) is 9.36 Å². The SMILES string of the molecule is Cc1ccc(-n2c(SCC(=O)N[C@@H]3CCCC[C@H]3C)nnc2-c2cc(Br)ccc2O)c(C)c1. The average molecular weight is 530 g/mol. The first-order valence-corrected chi connectivity index (χ1v) is 13.1. The predicted molar refractivity (Wildman–Crippen MR) is 136 cm³/mol. The molecule has 1 heterocycles. The number of aromatic nitrogens is 3. The van der Waals surface area contributed by atoms with Crippen molar-refractivity contribution in [3.63, 3.8) is 0 Å². The molecular weight excluding hydrogens is 500 g/mol. The third-order valence-electron chi connectivity index (χ3n) is 6.22. The highest BCUT2D eigenvalue weighted by Crippen LogP contribution is 2.35. The summed E-state index contributed by atoms with van der Waals surface area (Å²) in [4.78, 5) is 12.7. The fourth-order valence-corrected chi connectivity index (χ4v) is 5.53. The van der Waals surface area contributed by atoms with Crippen LogP contribution < -0.4 is 5.32 Å². The minimum atomic E-state index is 0.0146. The highest BCUT2D eigenvalue weighted by atomic mass is 79.9. The van der Waals surface area contributed by atoms with Gasteiger partial charge in [0.1, 0.15) is 5.75 Å². The van der Waals surface area contributed by atoms with Crippen molar-refractivity contribution in [2.24, 2.45) is 5.92 Å². The molecule has 3 aromatic rings. The molecule has 33 heavy (non-hydrogen) atoms. The molecule has 2 N–H and O–H groups in total. The molecule has 1 saturated carbocycles. The Labute approximate surface area is 207 Å². The molecule has 2 atom stereocenters. The molecule has 1 aliphatic carbocycles. The summed E-state index contributed by atoms with van der Waals surface area (Å²) < 4.78 is 2.76. The van der Waals surface area contributed by atoms with E-state index in [2.05, 4.69) is 51.4 Å². The number of nitrogens with zero attached hydrogens (tertiary/aromatic N) is 3. The van der Waals surface area contributed by atoms with Gasteiger partial charge in [-0.2, -0.15) is 0 Å². The Morgan fingerprint density at radius 1 is 1.18 bits per heavy atom. The van der Waals surface area contributed by atoms with Crippen LogP contribution in [0.4, 0.5) is 0 Å². The van der Waals surface area contributed by atoms with Crippen LogP contribution >= 0.6 is 27.7 Å². The summed E-state index contributed by atoms with van der Waals surface area (Å²) in [6.45, 7) is 6.31. The van der Waals surface area contributed by atoms with Crippen LogP contribution in [-0.4, -0.2) is 37.6 Å². The summed E-state index contributed by atoms with van der Waals surface area (Å²) in [5.74, 6) is 1.44. The standard InChI is InChI=1S/C25H29BrN4O2S/c1-15-8-10-21(17(3)12-15)30-24(19-13-18(26)9-11-22(19)31)28-29-25(30)33-14-23(32)27-20-7-5-4-6-16(20)2/h8-13,16,20,31H,4-7,14H2,1-3H3,(H,27,32)/t16-,20-/m1/s1. The maximum atomic E-state index is 12.7. The summed E-state index contributed by atoms with van der Waals surface area (Å²) in [7, 11) is 0. The number of phenolic OH excluding ortho intramolecular Hbond substituents is 1. The zero-order valence-corrected chi connectivity index (χ0v) is 21.5. The van der Waals surface area contributed by atoms with E-state index in [1.54, 1.807) is 12.1 Å². The second-order valence-corrected chi connectivity index (χ2v) is 10.7. The first kappa shape index (κ1) is 23.8. The number of nitrogens with one attached hydrogen (secondary N) is 1. The van der Waals surface area contributed by atoms with Crippen molar-refractivity contribution in [1.29, 1.82) is 0 Å². The minimum absolute atomic E-state index is 0.0146. The van der Waals surface area contributed by atoms with E-state index in [0.29, 0.717) is 22.5 Å².